The van der Waals surface area contributed by atoms with Crippen LogP contribution in [0.25, 0.3) is 0 Å². The van der Waals surface area contributed by atoms with Crippen LogP contribution < -0.4 is 0 Å². The fourth-order valence-corrected chi connectivity index (χ4v) is 1.83. The van der Waals surface area contributed by atoms with Gasteiger partial charge in [0.25, 0.3) is 0 Å². The first-order valence-electron chi connectivity index (χ1n) is 4.30. The Balaban J connectivity index is 2.07. The number of aliphatic hydroxyl groups excluding tert-OH is 1. The van der Waals surface area contributed by atoms with Gasteiger partial charge in [0.05, 0.1) is 0 Å². The molecular weight excluding hydrogens is 206 g/mol. The molecule has 0 bridgehead atoms. The first kappa shape index (κ1) is 9.49. The molecule has 11 heavy (non-hydrogen) atoms. The third kappa shape index (κ3) is 3.54. The predicted octanol–water partition coefficient (Wildman–Crippen LogP) is 1.23. The quantitative estimate of drug-likeness (QED) is 0.726. The van der Waals surface area contributed by atoms with Crippen molar-refractivity contribution in [2.75, 3.05) is 26.2 Å². The number of hydrogen-bond donors (Lipinski definition) is 1. The fraction of sp³-hybridized carbons (Fsp3) is 1.00. The van der Waals surface area contributed by atoms with Gasteiger partial charge in [-0.2, -0.15) is 0 Å². The second kappa shape index (κ2) is 5.12. The first-order chi connectivity index (χ1) is 5.33. The third-order valence-electron chi connectivity index (χ3n) is 2.15. The lowest BCUT2D eigenvalue weighted by Gasteiger charge is -2.28. The summed E-state index contributed by atoms with van der Waals surface area (Å²) >= 11 is 3.61. The van der Waals surface area contributed by atoms with E-state index in [1.165, 1.54) is 25.9 Å². The minimum absolute atomic E-state index is 0.328. The van der Waals surface area contributed by atoms with Gasteiger partial charge in [-0.25, -0.2) is 0 Å². The molecule has 0 aromatic heterocycles. The molecule has 0 spiro atoms. The monoisotopic (exact) mass is 221 g/mol. The van der Waals surface area contributed by atoms with E-state index in [0.717, 1.165) is 17.8 Å². The molecular formula is C8H16BrNO. The Labute approximate surface area is 76.7 Å². The summed E-state index contributed by atoms with van der Waals surface area (Å²) in [5, 5.41) is 8.61. The van der Waals surface area contributed by atoms with Gasteiger partial charge in [-0.3, -0.25) is 0 Å². The SMILES string of the molecule is OCCCN1CCC(Br)CC1. The lowest BCUT2D eigenvalue weighted by molar-refractivity contribution is 0.202. The summed E-state index contributed by atoms with van der Waals surface area (Å²) in [6.45, 7) is 3.77. The molecule has 0 aliphatic carbocycles. The topological polar surface area (TPSA) is 23.5 Å². The van der Waals surface area contributed by atoms with Gasteiger partial charge in [-0.15, -0.1) is 0 Å². The van der Waals surface area contributed by atoms with Crippen molar-refractivity contribution in [3.8, 4) is 0 Å². The van der Waals surface area contributed by atoms with Crippen molar-refractivity contribution >= 4 is 15.9 Å². The van der Waals surface area contributed by atoms with Crippen molar-refractivity contribution < 1.29 is 5.11 Å². The van der Waals surface area contributed by atoms with Crippen molar-refractivity contribution in [2.45, 2.75) is 24.1 Å². The molecule has 1 heterocycles. The van der Waals surface area contributed by atoms with Crippen LogP contribution in [-0.2, 0) is 0 Å². The molecule has 0 atom stereocenters. The van der Waals surface area contributed by atoms with E-state index in [1.807, 2.05) is 0 Å². The highest BCUT2D eigenvalue weighted by atomic mass is 79.9. The second-order valence-electron chi connectivity index (χ2n) is 3.09. The van der Waals surface area contributed by atoms with E-state index in [1.54, 1.807) is 0 Å². The normalized spacial score (nSPS) is 22.4. The number of nitrogens with zero attached hydrogens (tertiary/aromatic N) is 1. The smallest absolute Gasteiger partial charge is 0.0443 e. The number of likely N-dealkylation sites (tertiary alicyclic amines) is 1. The molecule has 1 aliphatic heterocycles. The summed E-state index contributed by atoms with van der Waals surface area (Å²) in [7, 11) is 0. The largest absolute Gasteiger partial charge is 0.396 e. The van der Waals surface area contributed by atoms with Gasteiger partial charge in [0, 0.05) is 18.0 Å². The highest BCUT2D eigenvalue weighted by Gasteiger charge is 2.15. The number of alkyl halides is 1. The van der Waals surface area contributed by atoms with Gasteiger partial charge in [-0.1, -0.05) is 15.9 Å². The standard InChI is InChI=1S/C8H16BrNO/c9-8-2-5-10(6-3-8)4-1-7-11/h8,11H,1-7H2. The van der Waals surface area contributed by atoms with E-state index in [2.05, 4.69) is 20.8 Å². The number of hydrogen-bond acceptors (Lipinski definition) is 2. The minimum Gasteiger partial charge on any atom is -0.396 e. The van der Waals surface area contributed by atoms with E-state index in [9.17, 15) is 0 Å². The molecule has 1 aliphatic rings. The molecule has 0 unspecified atom stereocenters. The van der Waals surface area contributed by atoms with Crippen LogP contribution in [0.3, 0.4) is 0 Å². The Morgan fingerprint density at radius 3 is 2.55 bits per heavy atom. The lowest BCUT2D eigenvalue weighted by atomic mass is 10.1. The lowest BCUT2D eigenvalue weighted by Crippen LogP contribution is -2.34. The van der Waals surface area contributed by atoms with Crippen LogP contribution >= 0.6 is 15.9 Å². The summed E-state index contributed by atoms with van der Waals surface area (Å²) in [5.41, 5.74) is 0. The van der Waals surface area contributed by atoms with Crippen molar-refractivity contribution in [2.24, 2.45) is 0 Å². The van der Waals surface area contributed by atoms with Crippen molar-refractivity contribution in [1.82, 2.24) is 4.90 Å². The van der Waals surface area contributed by atoms with Crippen LogP contribution in [0, 0.1) is 0 Å². The molecule has 66 valence electrons. The molecule has 0 amide bonds. The van der Waals surface area contributed by atoms with Crippen molar-refractivity contribution in [3.63, 3.8) is 0 Å². The average Bonchev–Trinajstić information content (AvgIpc) is 2.04. The minimum atomic E-state index is 0.328. The fourth-order valence-electron chi connectivity index (χ4n) is 1.42. The second-order valence-corrected chi connectivity index (χ2v) is 4.39. The number of aliphatic hydroxyl groups is 1. The van der Waals surface area contributed by atoms with E-state index >= 15 is 0 Å². The molecule has 2 nitrogen and oxygen atoms in total. The predicted molar refractivity (Wildman–Crippen MR) is 50.1 cm³/mol. The van der Waals surface area contributed by atoms with Gasteiger partial charge in [0.15, 0.2) is 0 Å². The number of halogens is 1. The Morgan fingerprint density at radius 2 is 2.00 bits per heavy atom. The Bertz CT molecular complexity index is 99.5. The van der Waals surface area contributed by atoms with E-state index in [-0.39, 0.29) is 0 Å². The maximum absolute atomic E-state index is 8.61. The van der Waals surface area contributed by atoms with Gasteiger partial charge < -0.3 is 10.0 Å². The molecule has 1 N–H and O–H groups in total. The van der Waals surface area contributed by atoms with Crippen LogP contribution in [0.15, 0.2) is 0 Å². The zero-order valence-corrected chi connectivity index (χ0v) is 8.39. The highest BCUT2D eigenvalue weighted by molar-refractivity contribution is 9.09. The molecule has 1 saturated heterocycles. The van der Waals surface area contributed by atoms with E-state index in [4.69, 9.17) is 5.11 Å². The van der Waals surface area contributed by atoms with Crippen LogP contribution in [-0.4, -0.2) is 41.1 Å². The molecule has 1 fully saturated rings. The molecule has 0 aromatic carbocycles. The zero-order valence-electron chi connectivity index (χ0n) is 6.80. The zero-order chi connectivity index (χ0) is 8.10. The van der Waals surface area contributed by atoms with E-state index in [0.29, 0.717) is 6.61 Å². The maximum Gasteiger partial charge on any atom is 0.0443 e. The molecule has 0 radical (unpaired) electrons. The Kier molecular flexibility index (Phi) is 4.41. The molecule has 3 heteroatoms. The Hall–Kier alpha value is 0.400. The summed E-state index contributed by atoms with van der Waals surface area (Å²) in [4.78, 5) is 3.15. The molecule has 1 rings (SSSR count). The Morgan fingerprint density at radius 1 is 1.36 bits per heavy atom. The third-order valence-corrected chi connectivity index (χ3v) is 3.07. The first-order valence-corrected chi connectivity index (χ1v) is 5.22. The van der Waals surface area contributed by atoms with E-state index < -0.39 is 0 Å². The van der Waals surface area contributed by atoms with Crippen LogP contribution in [0.5, 0.6) is 0 Å². The van der Waals surface area contributed by atoms with Crippen molar-refractivity contribution in [3.05, 3.63) is 0 Å². The summed E-state index contributed by atoms with van der Waals surface area (Å²) in [6.07, 6.45) is 3.43. The van der Waals surface area contributed by atoms with Crippen LogP contribution in [0.2, 0.25) is 0 Å². The van der Waals surface area contributed by atoms with Gasteiger partial charge >= 0.3 is 0 Å². The molecule has 0 aromatic rings. The van der Waals surface area contributed by atoms with Crippen LogP contribution in [0.4, 0.5) is 0 Å². The van der Waals surface area contributed by atoms with Crippen LogP contribution in [0.1, 0.15) is 19.3 Å². The number of piperidine rings is 1. The number of rotatable bonds is 3. The van der Waals surface area contributed by atoms with Crippen molar-refractivity contribution in [1.29, 1.82) is 0 Å². The summed E-state index contributed by atoms with van der Waals surface area (Å²) in [6, 6.07) is 0. The average molecular weight is 222 g/mol. The molecule has 0 saturated carbocycles. The summed E-state index contributed by atoms with van der Waals surface area (Å²) in [5.74, 6) is 0. The highest BCUT2D eigenvalue weighted by Crippen LogP contribution is 2.16. The van der Waals surface area contributed by atoms with Gasteiger partial charge in [0.1, 0.15) is 0 Å². The summed E-state index contributed by atoms with van der Waals surface area (Å²) < 4.78 is 0. The van der Waals surface area contributed by atoms with Gasteiger partial charge in [0.2, 0.25) is 0 Å². The maximum atomic E-state index is 8.61. The van der Waals surface area contributed by atoms with Gasteiger partial charge in [-0.05, 0) is 32.4 Å².